The molecule has 0 spiro atoms. The normalized spacial score (nSPS) is 10.9. The van der Waals surface area contributed by atoms with Crippen LogP contribution in [0, 0.1) is 6.57 Å². The Labute approximate surface area is 99.4 Å². The Kier molecular flexibility index (Phi) is 4.58. The highest BCUT2D eigenvalue weighted by Crippen LogP contribution is 2.08. The second-order valence-electron chi connectivity index (χ2n) is 4.47. The molecule has 0 saturated heterocycles. The third kappa shape index (κ3) is 3.39. The van der Waals surface area contributed by atoms with Crippen molar-refractivity contribution in [2.24, 2.45) is 0 Å². The van der Waals surface area contributed by atoms with Crippen LogP contribution in [-0.4, -0.2) is 24.3 Å². The van der Waals surface area contributed by atoms with Crippen molar-refractivity contribution in [3.8, 4) is 0 Å². The van der Waals surface area contributed by atoms with Crippen LogP contribution in [0.1, 0.15) is 27.7 Å². The molecule has 2 nitrogen and oxygen atoms in total. The molecule has 83 valence electrons. The van der Waals surface area contributed by atoms with Crippen LogP contribution in [0.5, 0.6) is 0 Å². The van der Waals surface area contributed by atoms with Crippen LogP contribution in [0.25, 0.3) is 4.85 Å². The third-order valence-corrected chi connectivity index (χ3v) is 2.51. The van der Waals surface area contributed by atoms with Gasteiger partial charge in [0.2, 0.25) is 7.41 Å². The van der Waals surface area contributed by atoms with Crippen molar-refractivity contribution in [2.45, 2.75) is 39.8 Å². The molecule has 0 N–H and O–H groups in total. The summed E-state index contributed by atoms with van der Waals surface area (Å²) in [6.45, 7) is 15.6. The second-order valence-corrected chi connectivity index (χ2v) is 4.47. The minimum Gasteiger partial charge on any atom is -0.338 e. The van der Waals surface area contributed by atoms with Gasteiger partial charge in [0.15, 0.2) is 5.69 Å². The highest BCUT2D eigenvalue weighted by Gasteiger charge is 2.14. The molecule has 0 aliphatic carbocycles. The predicted molar refractivity (Wildman–Crippen MR) is 70.2 cm³/mol. The van der Waals surface area contributed by atoms with Crippen LogP contribution in [0.3, 0.4) is 0 Å². The topological polar surface area (TPSA) is 7.60 Å². The highest BCUT2D eigenvalue weighted by atomic mass is 15.1. The number of benzene rings is 1. The zero-order valence-electron chi connectivity index (χ0n) is 10.4. The predicted octanol–water partition coefficient (Wildman–Crippen LogP) is 2.60. The van der Waals surface area contributed by atoms with Gasteiger partial charge in [-0.1, -0.05) is 57.4 Å². The van der Waals surface area contributed by atoms with Gasteiger partial charge in [-0.2, -0.15) is 0 Å². The smallest absolute Gasteiger partial charge is 0.247 e. The maximum atomic E-state index is 6.90. The van der Waals surface area contributed by atoms with Crippen molar-refractivity contribution < 1.29 is 0 Å². The maximum Gasteiger partial charge on any atom is 0.247 e. The van der Waals surface area contributed by atoms with Crippen LogP contribution in [-0.2, 0) is 0 Å². The highest BCUT2D eigenvalue weighted by molar-refractivity contribution is 6.50. The van der Waals surface area contributed by atoms with E-state index in [0.29, 0.717) is 17.8 Å². The standard InChI is InChI=1S/C13H18BN2/c1-10(2)16(11(3)4)14-12-6-8-13(15-5)9-7-12/h6-11H,1-4H3. The van der Waals surface area contributed by atoms with Crippen molar-refractivity contribution in [3.05, 3.63) is 35.7 Å². The minimum absolute atomic E-state index is 0.487. The Morgan fingerprint density at radius 1 is 1.06 bits per heavy atom. The molecule has 1 radical (unpaired) electrons. The molecule has 0 saturated carbocycles. The van der Waals surface area contributed by atoms with Crippen molar-refractivity contribution in [1.82, 2.24) is 4.81 Å². The average molecular weight is 213 g/mol. The van der Waals surface area contributed by atoms with Crippen molar-refractivity contribution in [1.29, 1.82) is 0 Å². The Hall–Kier alpha value is -1.27. The van der Waals surface area contributed by atoms with E-state index >= 15 is 0 Å². The van der Waals surface area contributed by atoms with Crippen LogP contribution in [0.4, 0.5) is 5.69 Å². The summed E-state index contributed by atoms with van der Waals surface area (Å²) in [6, 6.07) is 8.67. The maximum absolute atomic E-state index is 6.90. The minimum atomic E-state index is 0.487. The molecule has 0 fully saturated rings. The summed E-state index contributed by atoms with van der Waals surface area (Å²) in [5, 5.41) is 0. The molecule has 1 aromatic rings. The molecular formula is C13H18BN2. The quantitative estimate of drug-likeness (QED) is 0.551. The Morgan fingerprint density at radius 2 is 1.56 bits per heavy atom. The van der Waals surface area contributed by atoms with Crippen LogP contribution in [0.2, 0.25) is 0 Å². The summed E-state index contributed by atoms with van der Waals surface area (Å²) in [6.07, 6.45) is 0. The van der Waals surface area contributed by atoms with Crippen LogP contribution >= 0.6 is 0 Å². The van der Waals surface area contributed by atoms with E-state index in [1.807, 2.05) is 24.3 Å². The first-order chi connectivity index (χ1) is 7.54. The lowest BCUT2D eigenvalue weighted by molar-refractivity contribution is 0.315. The molecule has 0 unspecified atom stereocenters. The van der Waals surface area contributed by atoms with Crippen LogP contribution < -0.4 is 5.46 Å². The van der Waals surface area contributed by atoms with E-state index in [-0.39, 0.29) is 0 Å². The third-order valence-electron chi connectivity index (χ3n) is 2.51. The number of rotatable bonds is 4. The van der Waals surface area contributed by atoms with Gasteiger partial charge in [0.1, 0.15) is 0 Å². The van der Waals surface area contributed by atoms with E-state index in [4.69, 9.17) is 6.57 Å². The van der Waals surface area contributed by atoms with Gasteiger partial charge in [0.25, 0.3) is 0 Å². The lowest BCUT2D eigenvalue weighted by atomic mass is 9.78. The monoisotopic (exact) mass is 213 g/mol. The molecule has 3 heteroatoms. The van der Waals surface area contributed by atoms with Gasteiger partial charge in [-0.3, -0.25) is 0 Å². The largest absolute Gasteiger partial charge is 0.338 e. The number of hydrogen-bond donors (Lipinski definition) is 0. The fourth-order valence-corrected chi connectivity index (χ4v) is 1.70. The summed E-state index contributed by atoms with van der Waals surface area (Å²) in [4.78, 5) is 5.70. The lowest BCUT2D eigenvalue weighted by Crippen LogP contribution is -2.44. The molecular weight excluding hydrogens is 195 g/mol. The Bertz CT molecular complexity index is 355. The summed E-state index contributed by atoms with van der Waals surface area (Å²) in [7, 11) is 2.16. The van der Waals surface area contributed by atoms with Crippen molar-refractivity contribution >= 4 is 18.6 Å². The summed E-state index contributed by atoms with van der Waals surface area (Å²) in [5.74, 6) is 0. The average Bonchev–Trinajstić information content (AvgIpc) is 2.25. The molecule has 0 aromatic heterocycles. The van der Waals surface area contributed by atoms with E-state index < -0.39 is 0 Å². The number of hydrogen-bond acceptors (Lipinski definition) is 1. The lowest BCUT2D eigenvalue weighted by Gasteiger charge is -2.30. The van der Waals surface area contributed by atoms with E-state index in [9.17, 15) is 0 Å². The second kappa shape index (κ2) is 5.72. The fraction of sp³-hybridized carbons (Fsp3) is 0.462. The zero-order valence-corrected chi connectivity index (χ0v) is 10.4. The molecule has 16 heavy (non-hydrogen) atoms. The summed E-state index contributed by atoms with van der Waals surface area (Å²) < 4.78 is 0. The molecule has 0 aliphatic heterocycles. The van der Waals surface area contributed by atoms with Gasteiger partial charge in [0.05, 0.1) is 6.57 Å². The zero-order chi connectivity index (χ0) is 12.1. The molecule has 0 amide bonds. The van der Waals surface area contributed by atoms with Crippen molar-refractivity contribution in [2.75, 3.05) is 0 Å². The fourth-order valence-electron chi connectivity index (χ4n) is 1.70. The molecule has 1 rings (SSSR count). The summed E-state index contributed by atoms with van der Waals surface area (Å²) in [5.41, 5.74) is 1.84. The van der Waals surface area contributed by atoms with Crippen molar-refractivity contribution in [3.63, 3.8) is 0 Å². The molecule has 0 atom stereocenters. The van der Waals surface area contributed by atoms with E-state index in [0.717, 1.165) is 5.46 Å². The van der Waals surface area contributed by atoms with Gasteiger partial charge in [0, 0.05) is 0 Å². The van der Waals surface area contributed by atoms with Gasteiger partial charge in [-0.05, 0) is 12.1 Å². The van der Waals surface area contributed by atoms with Gasteiger partial charge in [-0.25, -0.2) is 4.85 Å². The molecule has 0 bridgehead atoms. The Morgan fingerprint density at radius 3 is 1.94 bits per heavy atom. The molecule has 0 aliphatic rings. The molecule has 1 aromatic carbocycles. The van der Waals surface area contributed by atoms with E-state index in [2.05, 4.69) is 44.8 Å². The van der Waals surface area contributed by atoms with E-state index in [1.165, 1.54) is 0 Å². The van der Waals surface area contributed by atoms with Gasteiger partial charge >= 0.3 is 0 Å². The first kappa shape index (κ1) is 12.8. The van der Waals surface area contributed by atoms with Crippen LogP contribution in [0.15, 0.2) is 24.3 Å². The molecule has 0 heterocycles. The Balaban J connectivity index is 2.75. The van der Waals surface area contributed by atoms with Gasteiger partial charge < -0.3 is 4.81 Å². The first-order valence-electron chi connectivity index (χ1n) is 5.64. The van der Waals surface area contributed by atoms with E-state index in [1.54, 1.807) is 0 Å². The number of nitrogens with zero attached hydrogens (tertiary/aromatic N) is 2. The summed E-state index contributed by atoms with van der Waals surface area (Å²) >= 11 is 0. The van der Waals surface area contributed by atoms with Gasteiger partial charge in [-0.15, -0.1) is 0 Å². The SMILES string of the molecule is [C-]#[N+]c1ccc([B]N(C(C)C)C(C)C)cc1. The first-order valence-corrected chi connectivity index (χ1v) is 5.64.